The second-order valence-corrected chi connectivity index (χ2v) is 6.05. The number of fused-ring (bicyclic) bond motifs is 1. The van der Waals surface area contributed by atoms with Crippen LogP contribution in [0.25, 0.3) is 16.6 Å². The van der Waals surface area contributed by atoms with E-state index in [1.165, 1.54) is 5.56 Å². The summed E-state index contributed by atoms with van der Waals surface area (Å²) in [6.07, 6.45) is 2.66. The Morgan fingerprint density at radius 1 is 1.29 bits per heavy atom. The third-order valence-corrected chi connectivity index (χ3v) is 4.33. The highest BCUT2D eigenvalue weighted by molar-refractivity contribution is 9.10. The molecule has 5 heteroatoms. The van der Waals surface area contributed by atoms with Gasteiger partial charge in [-0.3, -0.25) is 4.98 Å². The van der Waals surface area contributed by atoms with E-state index in [-0.39, 0.29) is 0 Å². The summed E-state index contributed by atoms with van der Waals surface area (Å²) in [5.41, 5.74) is 12.1. The molecule has 21 heavy (non-hydrogen) atoms. The highest BCUT2D eigenvalue weighted by Crippen LogP contribution is 2.30. The fraction of sp³-hybridized carbons (Fsp3) is 0.250. The highest BCUT2D eigenvalue weighted by Gasteiger charge is 2.16. The molecule has 0 fully saturated rings. The second-order valence-electron chi connectivity index (χ2n) is 5.14. The van der Waals surface area contributed by atoms with E-state index in [0.29, 0.717) is 5.69 Å². The fourth-order valence-corrected chi connectivity index (χ4v) is 3.17. The lowest BCUT2D eigenvalue weighted by atomic mass is 10.1. The molecule has 1 aromatic carbocycles. The Kier molecular flexibility index (Phi) is 3.45. The first-order valence-electron chi connectivity index (χ1n) is 6.92. The van der Waals surface area contributed by atoms with Crippen LogP contribution < -0.4 is 5.73 Å². The molecule has 0 aliphatic heterocycles. The van der Waals surface area contributed by atoms with Gasteiger partial charge in [0.1, 0.15) is 0 Å². The van der Waals surface area contributed by atoms with E-state index in [1.54, 1.807) is 6.20 Å². The molecule has 0 bridgehead atoms. The number of aryl methyl sites for hydroxylation is 1. The van der Waals surface area contributed by atoms with E-state index in [0.717, 1.165) is 38.9 Å². The maximum atomic E-state index is 6.20. The summed E-state index contributed by atoms with van der Waals surface area (Å²) in [6, 6.07) is 6.00. The highest BCUT2D eigenvalue weighted by atomic mass is 79.9. The molecule has 3 rings (SSSR count). The van der Waals surface area contributed by atoms with Gasteiger partial charge in [0.2, 0.25) is 0 Å². The number of nitrogen functional groups attached to an aromatic ring is 1. The number of aromatic nitrogens is 3. The first-order valence-corrected chi connectivity index (χ1v) is 7.71. The molecule has 0 spiro atoms. The molecule has 0 saturated heterocycles. The number of pyridine rings is 1. The Labute approximate surface area is 132 Å². The van der Waals surface area contributed by atoms with Crippen LogP contribution in [-0.2, 0) is 6.42 Å². The first kappa shape index (κ1) is 14.1. The standard InChI is InChI=1S/C16H17BrN4/c1-4-12-9(2)20-21(10(12)3)16-13-7-11(17)5-6-15(13)19-8-14(16)18/h5-8H,4,18H2,1-3H3. The minimum Gasteiger partial charge on any atom is -0.396 e. The zero-order chi connectivity index (χ0) is 15.1. The third-order valence-electron chi connectivity index (χ3n) is 3.84. The molecular weight excluding hydrogens is 328 g/mol. The molecule has 0 atom stereocenters. The smallest absolute Gasteiger partial charge is 0.0988 e. The topological polar surface area (TPSA) is 56.7 Å². The Morgan fingerprint density at radius 2 is 2.05 bits per heavy atom. The van der Waals surface area contributed by atoms with Gasteiger partial charge in [0.15, 0.2) is 0 Å². The Balaban J connectivity index is 2.39. The summed E-state index contributed by atoms with van der Waals surface area (Å²) in [6.45, 7) is 6.27. The van der Waals surface area contributed by atoms with Crippen LogP contribution >= 0.6 is 15.9 Å². The van der Waals surface area contributed by atoms with Gasteiger partial charge in [-0.25, -0.2) is 4.68 Å². The lowest BCUT2D eigenvalue weighted by Gasteiger charge is -2.12. The Hall–Kier alpha value is -1.88. The Bertz CT molecular complexity index is 831. The summed E-state index contributed by atoms with van der Waals surface area (Å²) < 4.78 is 2.95. The Morgan fingerprint density at radius 3 is 2.71 bits per heavy atom. The largest absolute Gasteiger partial charge is 0.396 e. The molecule has 0 saturated carbocycles. The van der Waals surface area contributed by atoms with Crippen LogP contribution in [0, 0.1) is 13.8 Å². The number of hydrogen-bond acceptors (Lipinski definition) is 3. The van der Waals surface area contributed by atoms with E-state index in [1.807, 2.05) is 29.8 Å². The third kappa shape index (κ3) is 2.21. The second kappa shape index (κ2) is 5.15. The van der Waals surface area contributed by atoms with E-state index in [2.05, 4.69) is 39.9 Å². The van der Waals surface area contributed by atoms with Gasteiger partial charge in [0.05, 0.1) is 28.8 Å². The normalized spacial score (nSPS) is 11.2. The van der Waals surface area contributed by atoms with Crippen LogP contribution in [0.2, 0.25) is 0 Å². The van der Waals surface area contributed by atoms with Gasteiger partial charge in [-0.15, -0.1) is 0 Å². The number of nitrogens with zero attached hydrogens (tertiary/aromatic N) is 3. The lowest BCUT2D eigenvalue weighted by Crippen LogP contribution is -2.05. The van der Waals surface area contributed by atoms with Crippen LogP contribution in [0.4, 0.5) is 5.69 Å². The molecule has 0 amide bonds. The summed E-state index contributed by atoms with van der Waals surface area (Å²) in [4.78, 5) is 4.40. The molecule has 2 aromatic heterocycles. The van der Waals surface area contributed by atoms with Crippen molar-refractivity contribution in [1.82, 2.24) is 14.8 Å². The van der Waals surface area contributed by atoms with E-state index < -0.39 is 0 Å². The van der Waals surface area contributed by atoms with Crippen molar-refractivity contribution in [2.45, 2.75) is 27.2 Å². The van der Waals surface area contributed by atoms with Crippen LogP contribution in [0.5, 0.6) is 0 Å². The van der Waals surface area contributed by atoms with Crippen molar-refractivity contribution in [3.8, 4) is 5.69 Å². The van der Waals surface area contributed by atoms with E-state index >= 15 is 0 Å². The molecule has 2 heterocycles. The number of rotatable bonds is 2. The van der Waals surface area contributed by atoms with Gasteiger partial charge in [-0.05, 0) is 44.0 Å². The minimum absolute atomic E-state index is 0.633. The van der Waals surface area contributed by atoms with Crippen LogP contribution in [0.3, 0.4) is 0 Å². The quantitative estimate of drug-likeness (QED) is 0.765. The van der Waals surface area contributed by atoms with Gasteiger partial charge in [0, 0.05) is 15.6 Å². The monoisotopic (exact) mass is 344 g/mol. The molecule has 0 aliphatic carbocycles. The zero-order valence-electron chi connectivity index (χ0n) is 12.3. The number of nitrogens with two attached hydrogens (primary N) is 1. The van der Waals surface area contributed by atoms with Crippen molar-refractivity contribution in [1.29, 1.82) is 0 Å². The van der Waals surface area contributed by atoms with Crippen LogP contribution in [0.15, 0.2) is 28.9 Å². The van der Waals surface area contributed by atoms with Gasteiger partial charge >= 0.3 is 0 Å². The molecule has 108 valence electrons. The number of halogens is 1. The summed E-state index contributed by atoms with van der Waals surface area (Å²) in [7, 11) is 0. The van der Waals surface area contributed by atoms with Crippen molar-refractivity contribution in [2.24, 2.45) is 0 Å². The van der Waals surface area contributed by atoms with Crippen molar-refractivity contribution < 1.29 is 0 Å². The average Bonchev–Trinajstić information content (AvgIpc) is 2.73. The van der Waals surface area contributed by atoms with Crippen molar-refractivity contribution in [3.63, 3.8) is 0 Å². The molecule has 0 unspecified atom stereocenters. The van der Waals surface area contributed by atoms with Gasteiger partial charge in [-0.2, -0.15) is 5.10 Å². The van der Waals surface area contributed by atoms with Gasteiger partial charge < -0.3 is 5.73 Å². The first-order chi connectivity index (χ1) is 10.0. The maximum absolute atomic E-state index is 6.20. The van der Waals surface area contributed by atoms with Crippen molar-refractivity contribution in [3.05, 3.63) is 45.8 Å². The molecule has 4 nitrogen and oxygen atoms in total. The average molecular weight is 345 g/mol. The molecule has 0 radical (unpaired) electrons. The van der Waals surface area contributed by atoms with Crippen LogP contribution in [0.1, 0.15) is 23.9 Å². The molecular formula is C16H17BrN4. The van der Waals surface area contributed by atoms with Crippen LogP contribution in [-0.4, -0.2) is 14.8 Å². The molecule has 0 aliphatic rings. The minimum atomic E-state index is 0.633. The lowest BCUT2D eigenvalue weighted by molar-refractivity contribution is 0.839. The number of anilines is 1. The SMILES string of the molecule is CCc1c(C)nn(-c2c(N)cnc3ccc(Br)cc23)c1C. The van der Waals surface area contributed by atoms with Gasteiger partial charge in [-0.1, -0.05) is 22.9 Å². The summed E-state index contributed by atoms with van der Waals surface area (Å²) >= 11 is 3.52. The van der Waals surface area contributed by atoms with Crippen molar-refractivity contribution >= 4 is 32.5 Å². The molecule has 3 aromatic rings. The van der Waals surface area contributed by atoms with Crippen molar-refractivity contribution in [2.75, 3.05) is 5.73 Å². The van der Waals surface area contributed by atoms with E-state index in [9.17, 15) is 0 Å². The summed E-state index contributed by atoms with van der Waals surface area (Å²) in [5.74, 6) is 0. The van der Waals surface area contributed by atoms with E-state index in [4.69, 9.17) is 5.73 Å². The summed E-state index contributed by atoms with van der Waals surface area (Å²) in [5, 5.41) is 5.68. The number of benzene rings is 1. The molecule has 2 N–H and O–H groups in total. The zero-order valence-corrected chi connectivity index (χ0v) is 13.9. The predicted octanol–water partition coefficient (Wildman–Crippen LogP) is 3.94. The van der Waals surface area contributed by atoms with Gasteiger partial charge in [0.25, 0.3) is 0 Å². The predicted molar refractivity (Wildman–Crippen MR) is 89.8 cm³/mol. The number of hydrogen-bond donors (Lipinski definition) is 1. The maximum Gasteiger partial charge on any atom is 0.0988 e. The fourth-order valence-electron chi connectivity index (χ4n) is 2.81.